The van der Waals surface area contributed by atoms with E-state index in [1.807, 2.05) is 19.1 Å². The molecule has 0 spiro atoms. The van der Waals surface area contributed by atoms with Gasteiger partial charge in [-0.05, 0) is 42.3 Å². The van der Waals surface area contributed by atoms with Gasteiger partial charge in [0.1, 0.15) is 0 Å². The highest BCUT2D eigenvalue weighted by Gasteiger charge is 2.05. The van der Waals surface area contributed by atoms with Gasteiger partial charge in [-0.15, -0.1) is 0 Å². The summed E-state index contributed by atoms with van der Waals surface area (Å²) in [6, 6.07) is 7.45. The molecule has 22 heavy (non-hydrogen) atoms. The SMILES string of the molecule is Cc1c(Br)cc(NCC(=O)N/N=C/c2ccncc2)cc1Br. The van der Waals surface area contributed by atoms with Crippen LogP contribution in [0.1, 0.15) is 11.1 Å². The van der Waals surface area contributed by atoms with Crippen LogP contribution in [0.3, 0.4) is 0 Å². The zero-order chi connectivity index (χ0) is 15.9. The Labute approximate surface area is 145 Å². The van der Waals surface area contributed by atoms with Gasteiger partial charge in [-0.3, -0.25) is 9.78 Å². The number of aromatic nitrogens is 1. The number of hydrogen-bond donors (Lipinski definition) is 2. The number of amides is 1. The molecule has 0 aliphatic carbocycles. The molecule has 1 aromatic heterocycles. The number of anilines is 1. The standard InChI is InChI=1S/C15H14Br2N4O/c1-10-13(16)6-12(7-14(10)17)19-9-15(22)21-20-8-11-2-4-18-5-3-11/h2-8,19H,9H2,1H3,(H,21,22)/b20-8+. The Kier molecular flexibility index (Phi) is 6.09. The van der Waals surface area contributed by atoms with E-state index in [1.165, 1.54) is 0 Å². The number of carbonyl (C=O) groups excluding carboxylic acids is 1. The summed E-state index contributed by atoms with van der Waals surface area (Å²) in [5.74, 6) is -0.224. The zero-order valence-corrected chi connectivity index (χ0v) is 15.0. The van der Waals surface area contributed by atoms with E-state index in [0.29, 0.717) is 0 Å². The van der Waals surface area contributed by atoms with Crippen LogP contribution in [0.5, 0.6) is 0 Å². The average Bonchev–Trinajstić information content (AvgIpc) is 2.51. The van der Waals surface area contributed by atoms with Gasteiger partial charge in [0.2, 0.25) is 0 Å². The normalized spacial score (nSPS) is 10.7. The van der Waals surface area contributed by atoms with E-state index in [0.717, 1.165) is 25.8 Å². The van der Waals surface area contributed by atoms with Gasteiger partial charge in [-0.25, -0.2) is 5.43 Å². The van der Waals surface area contributed by atoms with Crippen molar-refractivity contribution < 1.29 is 4.79 Å². The number of pyridine rings is 1. The molecule has 0 unspecified atom stereocenters. The predicted octanol–water partition coefficient (Wildman–Crippen LogP) is 3.48. The second kappa shape index (κ2) is 8.05. The molecule has 0 saturated heterocycles. The van der Waals surface area contributed by atoms with Crippen molar-refractivity contribution in [1.82, 2.24) is 10.4 Å². The Morgan fingerprint density at radius 1 is 1.27 bits per heavy atom. The smallest absolute Gasteiger partial charge is 0.259 e. The van der Waals surface area contributed by atoms with Crippen LogP contribution >= 0.6 is 31.9 Å². The number of rotatable bonds is 5. The van der Waals surface area contributed by atoms with Crippen LogP contribution in [0.25, 0.3) is 0 Å². The van der Waals surface area contributed by atoms with Crippen LogP contribution in [0, 0.1) is 6.92 Å². The fraction of sp³-hybridized carbons (Fsp3) is 0.133. The third kappa shape index (κ3) is 4.92. The molecule has 0 radical (unpaired) electrons. The second-order valence-corrected chi connectivity index (χ2v) is 6.20. The van der Waals surface area contributed by atoms with Crippen LogP contribution in [-0.2, 0) is 4.79 Å². The molecule has 114 valence electrons. The molecule has 7 heteroatoms. The first-order chi connectivity index (χ1) is 10.6. The Morgan fingerprint density at radius 2 is 1.91 bits per heavy atom. The van der Waals surface area contributed by atoms with Crippen LogP contribution in [-0.4, -0.2) is 23.7 Å². The minimum atomic E-state index is -0.224. The molecule has 0 fully saturated rings. The van der Waals surface area contributed by atoms with E-state index in [1.54, 1.807) is 30.7 Å². The Morgan fingerprint density at radius 3 is 2.55 bits per heavy atom. The van der Waals surface area contributed by atoms with Crippen LogP contribution in [0.4, 0.5) is 5.69 Å². The fourth-order valence-electron chi connectivity index (χ4n) is 1.60. The molecule has 0 bridgehead atoms. The van der Waals surface area contributed by atoms with Crippen molar-refractivity contribution in [3.63, 3.8) is 0 Å². The maximum Gasteiger partial charge on any atom is 0.259 e. The molecule has 1 heterocycles. The number of hydrogen-bond acceptors (Lipinski definition) is 4. The van der Waals surface area contributed by atoms with Crippen molar-refractivity contribution in [3.05, 3.63) is 56.7 Å². The number of benzene rings is 1. The Balaban J connectivity index is 1.84. The topological polar surface area (TPSA) is 66.4 Å². The van der Waals surface area contributed by atoms with Crippen LogP contribution in [0.2, 0.25) is 0 Å². The van der Waals surface area contributed by atoms with Crippen molar-refractivity contribution in [2.24, 2.45) is 5.10 Å². The predicted molar refractivity (Wildman–Crippen MR) is 95.0 cm³/mol. The lowest BCUT2D eigenvalue weighted by Gasteiger charge is -2.09. The molecule has 1 aromatic carbocycles. The number of nitrogens with zero attached hydrogens (tertiary/aromatic N) is 2. The summed E-state index contributed by atoms with van der Waals surface area (Å²) < 4.78 is 1.95. The summed E-state index contributed by atoms with van der Waals surface area (Å²) in [4.78, 5) is 15.6. The van der Waals surface area contributed by atoms with Gasteiger partial charge in [0.15, 0.2) is 0 Å². The van der Waals surface area contributed by atoms with E-state index >= 15 is 0 Å². The third-order valence-corrected chi connectivity index (χ3v) is 4.49. The highest BCUT2D eigenvalue weighted by atomic mass is 79.9. The van der Waals surface area contributed by atoms with Gasteiger partial charge in [0.25, 0.3) is 5.91 Å². The number of carbonyl (C=O) groups is 1. The molecular formula is C15H14Br2N4O. The molecule has 5 nitrogen and oxygen atoms in total. The minimum absolute atomic E-state index is 0.135. The van der Waals surface area contributed by atoms with Crippen LogP contribution in [0.15, 0.2) is 50.7 Å². The van der Waals surface area contributed by atoms with Gasteiger partial charge >= 0.3 is 0 Å². The molecular weight excluding hydrogens is 412 g/mol. The Hall–Kier alpha value is -1.73. The molecule has 2 N–H and O–H groups in total. The van der Waals surface area contributed by atoms with Gasteiger partial charge in [-0.1, -0.05) is 31.9 Å². The van der Waals surface area contributed by atoms with E-state index < -0.39 is 0 Å². The zero-order valence-electron chi connectivity index (χ0n) is 11.8. The van der Waals surface area contributed by atoms with E-state index in [9.17, 15) is 4.79 Å². The summed E-state index contributed by atoms with van der Waals surface area (Å²) in [7, 11) is 0. The van der Waals surface area contributed by atoms with Crippen LogP contribution < -0.4 is 10.7 Å². The van der Waals surface area contributed by atoms with Crippen molar-refractivity contribution in [1.29, 1.82) is 0 Å². The summed E-state index contributed by atoms with van der Waals surface area (Å²) >= 11 is 6.95. The maximum atomic E-state index is 11.7. The first-order valence-corrected chi connectivity index (χ1v) is 8.06. The third-order valence-electron chi connectivity index (χ3n) is 2.84. The highest BCUT2D eigenvalue weighted by molar-refractivity contribution is 9.11. The average molecular weight is 426 g/mol. The summed E-state index contributed by atoms with van der Waals surface area (Å²) in [6.45, 7) is 2.13. The first-order valence-electron chi connectivity index (χ1n) is 6.47. The maximum absolute atomic E-state index is 11.7. The summed E-state index contributed by atoms with van der Waals surface area (Å²) in [5, 5.41) is 6.94. The van der Waals surface area contributed by atoms with Gasteiger partial charge in [0.05, 0.1) is 12.8 Å². The Bertz CT molecular complexity index is 666. The van der Waals surface area contributed by atoms with Crippen molar-refractivity contribution in [3.8, 4) is 0 Å². The molecule has 0 atom stereocenters. The second-order valence-electron chi connectivity index (χ2n) is 4.49. The quantitative estimate of drug-likeness (QED) is 0.569. The molecule has 1 amide bonds. The van der Waals surface area contributed by atoms with Crippen molar-refractivity contribution >= 4 is 49.7 Å². The van der Waals surface area contributed by atoms with E-state index in [2.05, 4.69) is 52.7 Å². The summed E-state index contributed by atoms with van der Waals surface area (Å²) in [6.07, 6.45) is 4.90. The van der Waals surface area contributed by atoms with Gasteiger partial charge < -0.3 is 5.32 Å². The lowest BCUT2D eigenvalue weighted by molar-refractivity contribution is -0.119. The highest BCUT2D eigenvalue weighted by Crippen LogP contribution is 2.28. The minimum Gasteiger partial charge on any atom is -0.376 e. The van der Waals surface area contributed by atoms with E-state index in [4.69, 9.17) is 0 Å². The molecule has 2 aromatic rings. The molecule has 2 rings (SSSR count). The number of halogens is 2. The summed E-state index contributed by atoms with van der Waals surface area (Å²) in [5.41, 5.74) is 5.29. The van der Waals surface area contributed by atoms with Crippen molar-refractivity contribution in [2.45, 2.75) is 6.92 Å². The molecule has 0 aliphatic heterocycles. The number of hydrazone groups is 1. The van der Waals surface area contributed by atoms with Gasteiger partial charge in [0, 0.05) is 27.0 Å². The van der Waals surface area contributed by atoms with Gasteiger partial charge in [-0.2, -0.15) is 5.10 Å². The largest absolute Gasteiger partial charge is 0.376 e. The molecule has 0 saturated carbocycles. The monoisotopic (exact) mass is 424 g/mol. The van der Waals surface area contributed by atoms with E-state index in [-0.39, 0.29) is 12.5 Å². The first kappa shape index (κ1) is 16.6. The lowest BCUT2D eigenvalue weighted by atomic mass is 10.2. The fourth-order valence-corrected chi connectivity index (χ4v) is 2.78. The van der Waals surface area contributed by atoms with Crippen molar-refractivity contribution in [2.75, 3.05) is 11.9 Å². The molecule has 0 aliphatic rings. The lowest BCUT2D eigenvalue weighted by Crippen LogP contribution is -2.25. The number of nitrogens with one attached hydrogen (secondary N) is 2.